The largest absolute Gasteiger partial charge is 0.377 e. The molecule has 0 N–H and O–H groups in total. The first-order chi connectivity index (χ1) is 11.2. The Labute approximate surface area is 148 Å². The van der Waals surface area contributed by atoms with E-state index in [-0.39, 0.29) is 11.2 Å². The van der Waals surface area contributed by atoms with E-state index in [0.29, 0.717) is 66.1 Å². The summed E-state index contributed by atoms with van der Waals surface area (Å²) < 4.78 is 32.7. The normalized spacial score (nSPS) is 12.8. The fraction of sp³-hybridized carbons (Fsp3) is 1.00. The highest BCUT2D eigenvalue weighted by Crippen LogP contribution is 2.06. The minimum atomic E-state index is -0.111. The summed E-state index contributed by atoms with van der Waals surface area (Å²) in [5.74, 6) is 0. The first-order valence-electron chi connectivity index (χ1n) is 8.79. The second kappa shape index (κ2) is 14.0. The van der Waals surface area contributed by atoms with Gasteiger partial charge in [-0.05, 0) is 41.5 Å². The Hall–Kier alpha value is -0.240. The van der Waals surface area contributed by atoms with E-state index in [2.05, 4.69) is 0 Å². The van der Waals surface area contributed by atoms with Gasteiger partial charge in [0.25, 0.3) is 0 Å². The van der Waals surface area contributed by atoms with Crippen LogP contribution in [0.5, 0.6) is 0 Å². The zero-order valence-corrected chi connectivity index (χ0v) is 16.5. The van der Waals surface area contributed by atoms with E-state index in [1.165, 1.54) is 0 Å². The molecule has 0 aromatic carbocycles. The predicted octanol–water partition coefficient (Wildman–Crippen LogP) is 2.68. The summed E-state index contributed by atoms with van der Waals surface area (Å²) in [7, 11) is 0. The Morgan fingerprint density at radius 2 is 0.583 bits per heavy atom. The SMILES string of the molecule is CC(C)(C)OCCOCCOCCOCCOCCOC(C)(C)C. The van der Waals surface area contributed by atoms with Crippen molar-refractivity contribution in [1.29, 1.82) is 0 Å². The highest BCUT2D eigenvalue weighted by atomic mass is 16.6. The van der Waals surface area contributed by atoms with Crippen molar-refractivity contribution in [3.63, 3.8) is 0 Å². The van der Waals surface area contributed by atoms with Crippen molar-refractivity contribution in [3.05, 3.63) is 0 Å². The van der Waals surface area contributed by atoms with E-state index < -0.39 is 0 Å². The number of rotatable bonds is 15. The molecule has 0 saturated carbocycles. The Morgan fingerprint density at radius 3 is 0.792 bits per heavy atom. The molecule has 0 aromatic heterocycles. The van der Waals surface area contributed by atoms with Gasteiger partial charge in [0.05, 0.1) is 77.3 Å². The van der Waals surface area contributed by atoms with Gasteiger partial charge in [-0.3, -0.25) is 0 Å². The summed E-state index contributed by atoms with van der Waals surface area (Å²) in [4.78, 5) is 0. The monoisotopic (exact) mass is 350 g/mol. The molecule has 0 bridgehead atoms. The van der Waals surface area contributed by atoms with Gasteiger partial charge in [0.2, 0.25) is 0 Å². The molecule has 0 radical (unpaired) electrons. The summed E-state index contributed by atoms with van der Waals surface area (Å²) in [6.07, 6.45) is 0. The van der Waals surface area contributed by atoms with Crippen molar-refractivity contribution < 1.29 is 28.4 Å². The summed E-state index contributed by atoms with van der Waals surface area (Å²) in [6, 6.07) is 0. The molecule has 0 rings (SSSR count). The quantitative estimate of drug-likeness (QED) is 0.423. The molecule has 0 fully saturated rings. The standard InChI is InChI=1S/C18H38O6/c1-17(2,3)23-15-13-21-11-9-19-7-8-20-10-12-22-14-16-24-18(4,5)6/h7-16H2,1-6H3. The third kappa shape index (κ3) is 21.8. The lowest BCUT2D eigenvalue weighted by molar-refractivity contribution is -0.0511. The molecule has 0 saturated heterocycles. The molecule has 6 heteroatoms. The summed E-state index contributed by atoms with van der Waals surface area (Å²) in [5.41, 5.74) is -0.221. The van der Waals surface area contributed by atoms with Gasteiger partial charge in [0.15, 0.2) is 0 Å². The number of hydrogen-bond donors (Lipinski definition) is 0. The minimum Gasteiger partial charge on any atom is -0.377 e. The minimum absolute atomic E-state index is 0.111. The lowest BCUT2D eigenvalue weighted by Gasteiger charge is -2.19. The van der Waals surface area contributed by atoms with E-state index in [9.17, 15) is 0 Å². The molecule has 0 unspecified atom stereocenters. The first kappa shape index (κ1) is 23.8. The fourth-order valence-electron chi connectivity index (χ4n) is 1.58. The summed E-state index contributed by atoms with van der Waals surface area (Å²) in [6.45, 7) is 18.0. The van der Waals surface area contributed by atoms with Gasteiger partial charge in [-0.2, -0.15) is 0 Å². The molecule has 24 heavy (non-hydrogen) atoms. The predicted molar refractivity (Wildman–Crippen MR) is 94.7 cm³/mol. The topological polar surface area (TPSA) is 55.4 Å². The van der Waals surface area contributed by atoms with Crippen LogP contribution in [-0.2, 0) is 28.4 Å². The molecule has 146 valence electrons. The average Bonchev–Trinajstić information content (AvgIpc) is 2.44. The van der Waals surface area contributed by atoms with Gasteiger partial charge in [-0.15, -0.1) is 0 Å². The van der Waals surface area contributed by atoms with Crippen LogP contribution < -0.4 is 0 Å². The van der Waals surface area contributed by atoms with Crippen molar-refractivity contribution in [2.75, 3.05) is 66.1 Å². The fourth-order valence-corrected chi connectivity index (χ4v) is 1.58. The molecule has 0 spiro atoms. The molecule has 0 aromatic rings. The lowest BCUT2D eigenvalue weighted by Crippen LogP contribution is -2.22. The van der Waals surface area contributed by atoms with Gasteiger partial charge < -0.3 is 28.4 Å². The van der Waals surface area contributed by atoms with Crippen LogP contribution in [0.2, 0.25) is 0 Å². The van der Waals surface area contributed by atoms with Crippen LogP contribution in [-0.4, -0.2) is 77.3 Å². The van der Waals surface area contributed by atoms with Crippen molar-refractivity contribution in [2.24, 2.45) is 0 Å². The van der Waals surface area contributed by atoms with Crippen LogP contribution in [0.3, 0.4) is 0 Å². The van der Waals surface area contributed by atoms with Crippen LogP contribution in [0.4, 0.5) is 0 Å². The molecule has 0 aliphatic rings. The van der Waals surface area contributed by atoms with Crippen molar-refractivity contribution in [3.8, 4) is 0 Å². The van der Waals surface area contributed by atoms with E-state index >= 15 is 0 Å². The maximum Gasteiger partial charge on any atom is 0.0707 e. The van der Waals surface area contributed by atoms with Crippen LogP contribution in [0, 0.1) is 0 Å². The van der Waals surface area contributed by atoms with E-state index in [0.717, 1.165) is 0 Å². The highest BCUT2D eigenvalue weighted by molar-refractivity contribution is 4.58. The second-order valence-electron chi connectivity index (χ2n) is 7.37. The molecule has 0 heterocycles. The molecule has 0 amide bonds. The first-order valence-corrected chi connectivity index (χ1v) is 8.79. The van der Waals surface area contributed by atoms with E-state index in [1.807, 2.05) is 41.5 Å². The number of ether oxygens (including phenoxy) is 6. The molecular weight excluding hydrogens is 312 g/mol. The van der Waals surface area contributed by atoms with Gasteiger partial charge in [0.1, 0.15) is 0 Å². The van der Waals surface area contributed by atoms with Crippen molar-refractivity contribution in [1.82, 2.24) is 0 Å². The third-order valence-electron chi connectivity index (χ3n) is 2.64. The Kier molecular flexibility index (Phi) is 13.8. The van der Waals surface area contributed by atoms with E-state index in [4.69, 9.17) is 28.4 Å². The Morgan fingerprint density at radius 1 is 0.375 bits per heavy atom. The van der Waals surface area contributed by atoms with Gasteiger partial charge in [-0.25, -0.2) is 0 Å². The van der Waals surface area contributed by atoms with Gasteiger partial charge in [0, 0.05) is 0 Å². The smallest absolute Gasteiger partial charge is 0.0707 e. The van der Waals surface area contributed by atoms with Crippen molar-refractivity contribution >= 4 is 0 Å². The molecule has 6 nitrogen and oxygen atoms in total. The van der Waals surface area contributed by atoms with Gasteiger partial charge in [-0.1, -0.05) is 0 Å². The molecular formula is C18H38O6. The van der Waals surface area contributed by atoms with E-state index in [1.54, 1.807) is 0 Å². The number of hydrogen-bond acceptors (Lipinski definition) is 6. The van der Waals surface area contributed by atoms with Crippen LogP contribution in [0.15, 0.2) is 0 Å². The maximum atomic E-state index is 5.55. The van der Waals surface area contributed by atoms with Crippen LogP contribution in [0.25, 0.3) is 0 Å². The zero-order chi connectivity index (χ0) is 18.3. The molecule has 0 aliphatic carbocycles. The second-order valence-corrected chi connectivity index (χ2v) is 7.37. The lowest BCUT2D eigenvalue weighted by atomic mass is 10.2. The average molecular weight is 350 g/mol. The summed E-state index contributed by atoms with van der Waals surface area (Å²) >= 11 is 0. The van der Waals surface area contributed by atoms with Gasteiger partial charge >= 0.3 is 0 Å². The molecule has 0 aliphatic heterocycles. The highest BCUT2D eigenvalue weighted by Gasteiger charge is 2.09. The summed E-state index contributed by atoms with van der Waals surface area (Å²) in [5, 5.41) is 0. The Bertz CT molecular complexity index is 242. The maximum absolute atomic E-state index is 5.55. The van der Waals surface area contributed by atoms with Crippen LogP contribution >= 0.6 is 0 Å². The molecule has 0 atom stereocenters. The van der Waals surface area contributed by atoms with Crippen molar-refractivity contribution in [2.45, 2.75) is 52.7 Å². The third-order valence-corrected chi connectivity index (χ3v) is 2.64. The van der Waals surface area contributed by atoms with Crippen LogP contribution in [0.1, 0.15) is 41.5 Å². The zero-order valence-electron chi connectivity index (χ0n) is 16.5. The Balaban J connectivity index is 3.08.